The van der Waals surface area contributed by atoms with Crippen LogP contribution in [0.1, 0.15) is 11.6 Å². The monoisotopic (exact) mass is 387 g/mol. The Labute approximate surface area is 160 Å². The zero-order valence-corrected chi connectivity index (χ0v) is 15.0. The van der Waals surface area contributed by atoms with Gasteiger partial charge in [0.1, 0.15) is 11.6 Å². The van der Waals surface area contributed by atoms with E-state index in [0.717, 1.165) is 5.56 Å². The Hall–Kier alpha value is -3.17. The maximum atomic E-state index is 10.9. The van der Waals surface area contributed by atoms with Crippen molar-refractivity contribution in [1.82, 2.24) is 19.7 Å². The fourth-order valence-corrected chi connectivity index (χ4v) is 2.56. The summed E-state index contributed by atoms with van der Waals surface area (Å²) >= 11 is 6.18. The number of halogens is 1. The van der Waals surface area contributed by atoms with Crippen LogP contribution in [0.4, 0.5) is 17.5 Å². The summed E-state index contributed by atoms with van der Waals surface area (Å²) in [7, 11) is 0. The number of nitrogens with one attached hydrogen (secondary N) is 2. The molecule has 27 heavy (non-hydrogen) atoms. The molecule has 0 aliphatic heterocycles. The molecular formula is C17H18ClN7O2. The van der Waals surface area contributed by atoms with Gasteiger partial charge >= 0.3 is 0 Å². The van der Waals surface area contributed by atoms with Gasteiger partial charge in [0.25, 0.3) is 0 Å². The molecule has 5 N–H and O–H groups in total. The van der Waals surface area contributed by atoms with E-state index >= 15 is 0 Å². The Kier molecular flexibility index (Phi) is 5.84. The number of anilines is 3. The van der Waals surface area contributed by atoms with Crippen molar-refractivity contribution in [2.24, 2.45) is 5.73 Å². The number of primary amides is 1. The molecule has 0 fully saturated rings. The molecule has 2 heterocycles. The number of nitrogens with zero attached hydrogens (tertiary/aromatic N) is 4. The number of rotatable bonds is 8. The van der Waals surface area contributed by atoms with E-state index in [9.17, 15) is 9.90 Å². The number of hydrogen-bond acceptors (Lipinski definition) is 7. The normalized spacial score (nSPS) is 11.8. The number of carbonyl (C=O) groups is 1. The SMILES string of the molecule is NC(=O)Cn1cc(Nc2ncc(Cl)c(N[C@H](CO)c3ccccc3)n2)cn1. The zero-order valence-electron chi connectivity index (χ0n) is 14.2. The fourth-order valence-electron chi connectivity index (χ4n) is 2.42. The number of carbonyl (C=O) groups excluding carboxylic acids is 1. The lowest BCUT2D eigenvalue weighted by Crippen LogP contribution is -2.18. The van der Waals surface area contributed by atoms with Gasteiger partial charge in [0.2, 0.25) is 11.9 Å². The van der Waals surface area contributed by atoms with E-state index in [1.54, 1.807) is 6.20 Å². The van der Waals surface area contributed by atoms with Gasteiger partial charge in [0.05, 0.1) is 30.7 Å². The summed E-state index contributed by atoms with van der Waals surface area (Å²) < 4.78 is 1.40. The van der Waals surface area contributed by atoms with Crippen molar-refractivity contribution >= 4 is 35.0 Å². The van der Waals surface area contributed by atoms with Gasteiger partial charge in [-0.25, -0.2) is 4.98 Å². The first-order chi connectivity index (χ1) is 13.0. The minimum atomic E-state index is -0.491. The van der Waals surface area contributed by atoms with E-state index in [1.165, 1.54) is 17.1 Å². The molecule has 140 valence electrons. The molecule has 0 aliphatic rings. The van der Waals surface area contributed by atoms with Crippen LogP contribution in [-0.2, 0) is 11.3 Å². The summed E-state index contributed by atoms with van der Waals surface area (Å²) in [5.74, 6) is 0.168. The lowest BCUT2D eigenvalue weighted by Gasteiger charge is -2.18. The molecule has 0 saturated carbocycles. The molecule has 3 aromatic rings. The first-order valence-electron chi connectivity index (χ1n) is 8.08. The van der Waals surface area contributed by atoms with Crippen molar-refractivity contribution in [3.05, 3.63) is 59.5 Å². The summed E-state index contributed by atoms with van der Waals surface area (Å²) in [5.41, 5.74) is 6.63. The maximum absolute atomic E-state index is 10.9. The van der Waals surface area contributed by atoms with Crippen LogP contribution in [0.3, 0.4) is 0 Å². The minimum Gasteiger partial charge on any atom is -0.394 e. The van der Waals surface area contributed by atoms with E-state index < -0.39 is 5.91 Å². The molecular weight excluding hydrogens is 370 g/mol. The highest BCUT2D eigenvalue weighted by Gasteiger charge is 2.14. The lowest BCUT2D eigenvalue weighted by atomic mass is 10.1. The van der Waals surface area contributed by atoms with Crippen LogP contribution in [0.5, 0.6) is 0 Å². The third-order valence-corrected chi connectivity index (χ3v) is 3.92. The van der Waals surface area contributed by atoms with Crippen LogP contribution >= 0.6 is 11.6 Å². The third-order valence-electron chi connectivity index (χ3n) is 3.65. The topological polar surface area (TPSA) is 131 Å². The van der Waals surface area contributed by atoms with E-state index in [4.69, 9.17) is 17.3 Å². The van der Waals surface area contributed by atoms with Crippen molar-refractivity contribution < 1.29 is 9.90 Å². The first-order valence-corrected chi connectivity index (χ1v) is 8.45. The van der Waals surface area contributed by atoms with Crippen molar-refractivity contribution in [1.29, 1.82) is 0 Å². The molecule has 0 bridgehead atoms. The average molecular weight is 388 g/mol. The number of aliphatic hydroxyl groups excluding tert-OH is 1. The van der Waals surface area contributed by atoms with Crippen molar-refractivity contribution in [2.45, 2.75) is 12.6 Å². The van der Waals surface area contributed by atoms with Crippen LogP contribution < -0.4 is 16.4 Å². The molecule has 1 amide bonds. The molecule has 2 aromatic heterocycles. The second-order valence-corrected chi connectivity index (χ2v) is 6.11. The average Bonchev–Trinajstić information content (AvgIpc) is 3.09. The summed E-state index contributed by atoms with van der Waals surface area (Å²) in [6.45, 7) is -0.155. The highest BCUT2D eigenvalue weighted by Crippen LogP contribution is 2.25. The Morgan fingerprint density at radius 2 is 2.07 bits per heavy atom. The molecule has 1 aromatic carbocycles. The largest absolute Gasteiger partial charge is 0.394 e. The number of benzene rings is 1. The standard InChI is InChI=1S/C17H18ClN7O2/c18-13-7-20-17(22-12-6-21-25(8-12)9-15(19)27)24-16(13)23-14(10-26)11-4-2-1-3-5-11/h1-8,14,26H,9-10H2,(H2,19,27)(H2,20,22,23,24)/t14-/m1/s1. The summed E-state index contributed by atoms with van der Waals surface area (Å²) in [6, 6.07) is 9.10. The van der Waals surface area contributed by atoms with E-state index in [0.29, 0.717) is 16.5 Å². The number of aliphatic hydroxyl groups is 1. The molecule has 1 atom stereocenters. The molecule has 9 nitrogen and oxygen atoms in total. The highest BCUT2D eigenvalue weighted by atomic mass is 35.5. The van der Waals surface area contributed by atoms with Gasteiger partial charge in [0, 0.05) is 6.20 Å². The molecule has 0 spiro atoms. The lowest BCUT2D eigenvalue weighted by molar-refractivity contribution is -0.118. The smallest absolute Gasteiger partial charge is 0.239 e. The predicted molar refractivity (Wildman–Crippen MR) is 102 cm³/mol. The molecule has 0 saturated heterocycles. The van der Waals surface area contributed by atoms with Gasteiger partial charge in [-0.1, -0.05) is 41.9 Å². The Morgan fingerprint density at radius 1 is 1.30 bits per heavy atom. The van der Waals surface area contributed by atoms with Gasteiger partial charge in [-0.2, -0.15) is 10.1 Å². The number of aromatic nitrogens is 4. The van der Waals surface area contributed by atoms with E-state index in [1.807, 2.05) is 30.3 Å². The minimum absolute atomic E-state index is 0.0226. The Balaban J connectivity index is 1.75. The van der Waals surface area contributed by atoms with Crippen molar-refractivity contribution in [2.75, 3.05) is 17.2 Å². The molecule has 10 heteroatoms. The van der Waals surface area contributed by atoms with Crippen LogP contribution in [0.15, 0.2) is 48.9 Å². The summed E-state index contributed by atoms with van der Waals surface area (Å²) in [6.07, 6.45) is 4.58. The van der Waals surface area contributed by atoms with Gasteiger partial charge in [0.15, 0.2) is 5.82 Å². The number of hydrogen-bond donors (Lipinski definition) is 4. The molecule has 0 radical (unpaired) electrons. The van der Waals surface area contributed by atoms with Gasteiger partial charge in [-0.15, -0.1) is 0 Å². The predicted octanol–water partition coefficient (Wildman–Crippen LogP) is 1.70. The van der Waals surface area contributed by atoms with Gasteiger partial charge in [-0.3, -0.25) is 9.48 Å². The highest BCUT2D eigenvalue weighted by molar-refractivity contribution is 6.32. The number of amides is 1. The zero-order chi connectivity index (χ0) is 19.2. The first kappa shape index (κ1) is 18.6. The second kappa shape index (κ2) is 8.47. The third kappa shape index (κ3) is 4.93. The quantitative estimate of drug-likeness (QED) is 0.462. The van der Waals surface area contributed by atoms with Crippen molar-refractivity contribution in [3.8, 4) is 0 Å². The fraction of sp³-hybridized carbons (Fsp3) is 0.176. The summed E-state index contributed by atoms with van der Waals surface area (Å²) in [5, 5.41) is 20.1. The maximum Gasteiger partial charge on any atom is 0.239 e. The van der Waals surface area contributed by atoms with Gasteiger partial charge < -0.3 is 21.5 Å². The Morgan fingerprint density at radius 3 is 2.78 bits per heavy atom. The van der Waals surface area contributed by atoms with Crippen LogP contribution in [0.25, 0.3) is 0 Å². The summed E-state index contributed by atoms with van der Waals surface area (Å²) in [4.78, 5) is 19.4. The van der Waals surface area contributed by atoms with Gasteiger partial charge in [-0.05, 0) is 5.56 Å². The van der Waals surface area contributed by atoms with Crippen LogP contribution in [-0.4, -0.2) is 37.4 Å². The second-order valence-electron chi connectivity index (χ2n) is 5.70. The van der Waals surface area contributed by atoms with Crippen LogP contribution in [0, 0.1) is 0 Å². The molecule has 0 aliphatic carbocycles. The van der Waals surface area contributed by atoms with Crippen LogP contribution in [0.2, 0.25) is 5.02 Å². The Bertz CT molecular complexity index is 917. The number of nitrogens with two attached hydrogens (primary N) is 1. The van der Waals surface area contributed by atoms with Crippen molar-refractivity contribution in [3.63, 3.8) is 0 Å². The van der Waals surface area contributed by atoms with E-state index in [2.05, 4.69) is 25.7 Å². The molecule has 3 rings (SSSR count). The molecule has 0 unspecified atom stereocenters. The van der Waals surface area contributed by atoms with E-state index in [-0.39, 0.29) is 25.1 Å².